The summed E-state index contributed by atoms with van der Waals surface area (Å²) in [6, 6.07) is 3.50. The molecule has 2 unspecified atom stereocenters. The predicted molar refractivity (Wildman–Crippen MR) is 139 cm³/mol. The van der Waals surface area contributed by atoms with E-state index in [4.69, 9.17) is 4.42 Å². The summed E-state index contributed by atoms with van der Waals surface area (Å²) in [6.45, 7) is 7.74. The first-order chi connectivity index (χ1) is 17.6. The summed E-state index contributed by atoms with van der Waals surface area (Å²) >= 11 is 0. The van der Waals surface area contributed by atoms with Gasteiger partial charge in [-0.05, 0) is 68.9 Å². The molecule has 5 rings (SSSR count). The molecule has 1 aromatic rings. The van der Waals surface area contributed by atoms with Crippen molar-refractivity contribution in [2.24, 2.45) is 5.92 Å². The molecule has 3 N–H and O–H groups in total. The summed E-state index contributed by atoms with van der Waals surface area (Å²) in [5.41, 5.74) is 3.93. The lowest BCUT2D eigenvalue weighted by Gasteiger charge is -2.42. The Kier molecular flexibility index (Phi) is 7.60. The van der Waals surface area contributed by atoms with Gasteiger partial charge in [-0.1, -0.05) is 19.1 Å². The normalized spacial score (nSPS) is 24.8. The third-order valence-electron chi connectivity index (χ3n) is 7.60. The number of piperidine rings is 1. The first-order valence-electron chi connectivity index (χ1n) is 13.3. The van der Waals surface area contributed by atoms with Crippen LogP contribution in [0.5, 0.6) is 0 Å². The molecular weight excluding hydrogens is 454 g/mol. The number of carbonyl (C=O) groups excluding carboxylic acids is 2. The molecule has 2 fully saturated rings. The molecular formula is C28H37N5O3. The van der Waals surface area contributed by atoms with Gasteiger partial charge in [-0.15, -0.1) is 0 Å². The van der Waals surface area contributed by atoms with Crippen molar-refractivity contribution in [1.82, 2.24) is 25.8 Å². The first kappa shape index (κ1) is 24.4. The van der Waals surface area contributed by atoms with E-state index in [1.54, 1.807) is 12.1 Å². The summed E-state index contributed by atoms with van der Waals surface area (Å²) in [4.78, 5) is 30.8. The van der Waals surface area contributed by atoms with Crippen LogP contribution in [0.2, 0.25) is 0 Å². The predicted octanol–water partition coefficient (Wildman–Crippen LogP) is 2.91. The maximum atomic E-state index is 13.1. The number of allylic oxidation sites excluding steroid dienone is 6. The van der Waals surface area contributed by atoms with E-state index < -0.39 is 0 Å². The quantitative estimate of drug-likeness (QED) is 0.567. The average molecular weight is 492 g/mol. The Morgan fingerprint density at radius 3 is 2.67 bits per heavy atom. The number of rotatable bonds is 6. The van der Waals surface area contributed by atoms with E-state index in [0.29, 0.717) is 23.6 Å². The number of hydrogen-bond donors (Lipinski definition) is 3. The molecule has 3 heterocycles. The number of hydrogen-bond acceptors (Lipinski definition) is 6. The largest absolute Gasteiger partial charge is 0.459 e. The van der Waals surface area contributed by atoms with Crippen LogP contribution in [0.25, 0.3) is 0 Å². The zero-order valence-electron chi connectivity index (χ0n) is 21.1. The summed E-state index contributed by atoms with van der Waals surface area (Å²) in [5.74, 6) is 0.468. The van der Waals surface area contributed by atoms with Gasteiger partial charge in [0.2, 0.25) is 5.91 Å². The summed E-state index contributed by atoms with van der Waals surface area (Å²) in [6.07, 6.45) is 14.5. The molecule has 2 amide bonds. The van der Waals surface area contributed by atoms with Gasteiger partial charge in [0.1, 0.15) is 0 Å². The van der Waals surface area contributed by atoms with Gasteiger partial charge in [0.15, 0.2) is 5.76 Å². The van der Waals surface area contributed by atoms with Gasteiger partial charge in [-0.3, -0.25) is 9.59 Å². The molecule has 192 valence electrons. The first-order valence-corrected chi connectivity index (χ1v) is 13.3. The van der Waals surface area contributed by atoms with E-state index in [0.717, 1.165) is 70.6 Å². The number of nitrogens with zero attached hydrogens (tertiary/aromatic N) is 2. The molecule has 2 saturated heterocycles. The third kappa shape index (κ3) is 5.59. The Labute approximate surface area is 213 Å². The zero-order chi connectivity index (χ0) is 24.9. The highest BCUT2D eigenvalue weighted by atomic mass is 16.3. The van der Waals surface area contributed by atoms with Crippen molar-refractivity contribution in [1.29, 1.82) is 0 Å². The van der Waals surface area contributed by atoms with Gasteiger partial charge >= 0.3 is 0 Å². The number of amides is 2. The highest BCUT2D eigenvalue weighted by Gasteiger charge is 2.28. The Morgan fingerprint density at radius 1 is 1.11 bits per heavy atom. The average Bonchev–Trinajstić information content (AvgIpc) is 3.45. The van der Waals surface area contributed by atoms with E-state index in [-0.39, 0.29) is 23.6 Å². The topological polar surface area (TPSA) is 89.8 Å². The minimum atomic E-state index is -0.298. The van der Waals surface area contributed by atoms with Crippen molar-refractivity contribution in [2.45, 2.75) is 45.1 Å². The standard InChI is InChI=1S/C28H37N5O3/c1-20-6-2-3-8-24(20)32-13-15-33(16-14-32)25-11-10-21(27(34)30-22-7-4-12-29-19-22)18-23(25)31-28(35)26-9-5-17-36-26/h2-3,5,8-9,17-18,20,22,29H,4,6-7,10-16,19H2,1H3,(H,30,34)(H,31,35). The monoisotopic (exact) mass is 491 g/mol. The summed E-state index contributed by atoms with van der Waals surface area (Å²) < 4.78 is 5.31. The second-order valence-corrected chi connectivity index (χ2v) is 10.1. The Hall–Kier alpha value is -3.26. The van der Waals surface area contributed by atoms with E-state index in [1.807, 2.05) is 6.08 Å². The van der Waals surface area contributed by atoms with E-state index in [1.165, 1.54) is 12.0 Å². The second-order valence-electron chi connectivity index (χ2n) is 10.1. The van der Waals surface area contributed by atoms with Crippen molar-refractivity contribution >= 4 is 11.8 Å². The number of piperazine rings is 1. The summed E-state index contributed by atoms with van der Waals surface area (Å²) in [5, 5.41) is 9.56. The summed E-state index contributed by atoms with van der Waals surface area (Å²) in [7, 11) is 0. The fraction of sp³-hybridized carbons (Fsp3) is 0.500. The highest BCUT2D eigenvalue weighted by Crippen LogP contribution is 2.29. The van der Waals surface area contributed by atoms with Gasteiger partial charge < -0.3 is 30.2 Å². The fourth-order valence-electron chi connectivity index (χ4n) is 5.56. The zero-order valence-corrected chi connectivity index (χ0v) is 21.1. The molecule has 0 bridgehead atoms. The lowest BCUT2D eigenvalue weighted by atomic mass is 9.96. The Bertz CT molecular complexity index is 1070. The van der Waals surface area contributed by atoms with Crippen molar-refractivity contribution in [2.75, 3.05) is 39.3 Å². The number of furan rings is 1. The third-order valence-corrected chi connectivity index (χ3v) is 7.60. The second kappa shape index (κ2) is 11.2. The molecule has 0 saturated carbocycles. The van der Waals surface area contributed by atoms with Crippen LogP contribution in [0.3, 0.4) is 0 Å². The van der Waals surface area contributed by atoms with E-state index >= 15 is 0 Å². The van der Waals surface area contributed by atoms with Crippen LogP contribution >= 0.6 is 0 Å². The molecule has 1 aromatic heterocycles. The molecule has 0 aromatic carbocycles. The molecule has 0 spiro atoms. The molecule has 8 nitrogen and oxygen atoms in total. The number of carbonyl (C=O) groups is 2. The highest BCUT2D eigenvalue weighted by molar-refractivity contribution is 5.96. The molecule has 2 aliphatic heterocycles. The SMILES string of the molecule is CC1CC=CC=C1N1CCN(C2=C(NC(=O)c3ccco3)C=C(C(=O)NC3CCCNC3)CC2)CC1. The van der Waals surface area contributed by atoms with Gasteiger partial charge in [-0.25, -0.2) is 0 Å². The van der Waals surface area contributed by atoms with Gasteiger partial charge in [-0.2, -0.15) is 0 Å². The Balaban J connectivity index is 1.32. The Morgan fingerprint density at radius 2 is 1.94 bits per heavy atom. The molecule has 8 heteroatoms. The van der Waals surface area contributed by atoms with Crippen molar-refractivity contribution in [3.63, 3.8) is 0 Å². The van der Waals surface area contributed by atoms with E-state index in [2.05, 4.69) is 50.9 Å². The van der Waals surface area contributed by atoms with Gasteiger partial charge in [0.25, 0.3) is 5.91 Å². The molecule has 2 atom stereocenters. The van der Waals surface area contributed by atoms with Gasteiger partial charge in [0, 0.05) is 55.7 Å². The van der Waals surface area contributed by atoms with Crippen LogP contribution in [-0.2, 0) is 4.79 Å². The molecule has 0 radical (unpaired) electrons. The van der Waals surface area contributed by atoms with Crippen LogP contribution in [0.4, 0.5) is 0 Å². The van der Waals surface area contributed by atoms with Crippen molar-refractivity contribution < 1.29 is 14.0 Å². The van der Waals surface area contributed by atoms with E-state index in [9.17, 15) is 9.59 Å². The smallest absolute Gasteiger partial charge is 0.291 e. The number of nitrogens with one attached hydrogen (secondary N) is 3. The fourth-order valence-corrected chi connectivity index (χ4v) is 5.56. The minimum absolute atomic E-state index is 0.0383. The molecule has 36 heavy (non-hydrogen) atoms. The maximum Gasteiger partial charge on any atom is 0.291 e. The molecule has 4 aliphatic rings. The van der Waals surface area contributed by atoms with Crippen LogP contribution < -0.4 is 16.0 Å². The minimum Gasteiger partial charge on any atom is -0.459 e. The van der Waals surface area contributed by atoms with Crippen LogP contribution in [-0.4, -0.2) is 66.9 Å². The lowest BCUT2D eigenvalue weighted by Crippen LogP contribution is -2.48. The van der Waals surface area contributed by atoms with Gasteiger partial charge in [0.05, 0.1) is 12.0 Å². The molecule has 2 aliphatic carbocycles. The van der Waals surface area contributed by atoms with Crippen molar-refractivity contribution in [3.05, 3.63) is 71.1 Å². The van der Waals surface area contributed by atoms with Crippen LogP contribution in [0, 0.1) is 5.92 Å². The van der Waals surface area contributed by atoms with Crippen LogP contribution in [0.1, 0.15) is 49.6 Å². The van der Waals surface area contributed by atoms with Crippen molar-refractivity contribution in [3.8, 4) is 0 Å². The van der Waals surface area contributed by atoms with Crippen LogP contribution in [0.15, 0.2) is 69.8 Å². The lowest BCUT2D eigenvalue weighted by molar-refractivity contribution is -0.118. The maximum absolute atomic E-state index is 13.1.